The zero-order valence-corrected chi connectivity index (χ0v) is 17.5. The molecule has 0 aliphatic heterocycles. The fraction of sp³-hybridized carbons (Fsp3) is 0.409. The highest BCUT2D eigenvalue weighted by molar-refractivity contribution is 7.18. The Morgan fingerprint density at radius 3 is 2.86 bits per heavy atom. The number of amides is 1. The van der Waals surface area contributed by atoms with Gasteiger partial charge in [-0.05, 0) is 49.8 Å². The summed E-state index contributed by atoms with van der Waals surface area (Å²) in [4.78, 5) is 34.0. The summed E-state index contributed by atoms with van der Waals surface area (Å²) >= 11 is 1.63. The van der Waals surface area contributed by atoms with E-state index >= 15 is 0 Å². The van der Waals surface area contributed by atoms with Gasteiger partial charge in [0.05, 0.1) is 11.7 Å². The van der Waals surface area contributed by atoms with Crippen LogP contribution in [0.3, 0.4) is 0 Å². The number of fused-ring (bicyclic) bond motifs is 3. The first-order valence-corrected chi connectivity index (χ1v) is 11.0. The topological polar surface area (TPSA) is 67.2 Å². The molecule has 7 heteroatoms. The smallest absolute Gasteiger partial charge is 0.262 e. The second kappa shape index (κ2) is 8.78. The minimum Gasteiger partial charge on any atom is -0.375 e. The van der Waals surface area contributed by atoms with Crippen LogP contribution in [-0.2, 0) is 24.2 Å². The summed E-state index contributed by atoms with van der Waals surface area (Å²) in [7, 11) is 2.04. The number of aryl methyl sites for hydroxylation is 2. The minimum atomic E-state index is -0.153. The Balaban J connectivity index is 1.33. The molecule has 29 heavy (non-hydrogen) atoms. The van der Waals surface area contributed by atoms with Crippen molar-refractivity contribution in [1.29, 1.82) is 0 Å². The number of benzene rings is 1. The van der Waals surface area contributed by atoms with Crippen molar-refractivity contribution < 1.29 is 4.79 Å². The van der Waals surface area contributed by atoms with Crippen LogP contribution < -0.4 is 15.8 Å². The molecule has 6 nitrogen and oxygen atoms in total. The molecule has 4 rings (SSSR count). The van der Waals surface area contributed by atoms with Crippen molar-refractivity contribution in [2.24, 2.45) is 0 Å². The third-order valence-electron chi connectivity index (χ3n) is 5.45. The molecule has 1 aliphatic carbocycles. The number of rotatable bonds is 7. The Labute approximate surface area is 174 Å². The van der Waals surface area contributed by atoms with E-state index in [4.69, 9.17) is 0 Å². The molecule has 0 spiro atoms. The van der Waals surface area contributed by atoms with Gasteiger partial charge in [-0.1, -0.05) is 18.2 Å². The fourth-order valence-electron chi connectivity index (χ4n) is 3.86. The van der Waals surface area contributed by atoms with Crippen LogP contribution >= 0.6 is 11.3 Å². The van der Waals surface area contributed by atoms with E-state index in [-0.39, 0.29) is 18.0 Å². The molecule has 0 unspecified atom stereocenters. The number of nitrogens with one attached hydrogen (secondary N) is 1. The molecular formula is C22H26N4O2S. The van der Waals surface area contributed by atoms with Gasteiger partial charge in [0.25, 0.3) is 5.56 Å². The van der Waals surface area contributed by atoms with E-state index in [1.807, 2.05) is 25.2 Å². The SMILES string of the molecule is CN(CCCNC(=O)Cn1cnc2sc3c(c2c1=O)CCCC3)c1ccccc1. The number of aromatic nitrogens is 2. The summed E-state index contributed by atoms with van der Waals surface area (Å²) in [5.74, 6) is -0.153. The van der Waals surface area contributed by atoms with Crippen LogP contribution in [0.4, 0.5) is 5.69 Å². The van der Waals surface area contributed by atoms with Crippen LogP contribution in [0.1, 0.15) is 29.7 Å². The molecule has 0 atom stereocenters. The van der Waals surface area contributed by atoms with Gasteiger partial charge < -0.3 is 10.2 Å². The number of hydrogen-bond donors (Lipinski definition) is 1. The summed E-state index contributed by atoms with van der Waals surface area (Å²) in [6, 6.07) is 10.2. The quantitative estimate of drug-likeness (QED) is 0.608. The van der Waals surface area contributed by atoms with E-state index < -0.39 is 0 Å². The average molecular weight is 411 g/mol. The molecule has 1 amide bonds. The van der Waals surface area contributed by atoms with E-state index in [0.29, 0.717) is 6.54 Å². The molecule has 152 valence electrons. The highest BCUT2D eigenvalue weighted by atomic mass is 32.1. The second-order valence-electron chi connectivity index (χ2n) is 7.53. The third kappa shape index (κ3) is 4.34. The first kappa shape index (κ1) is 19.6. The van der Waals surface area contributed by atoms with Crippen molar-refractivity contribution >= 4 is 33.1 Å². The molecule has 0 saturated carbocycles. The van der Waals surface area contributed by atoms with Gasteiger partial charge in [-0.15, -0.1) is 11.3 Å². The zero-order chi connectivity index (χ0) is 20.2. The largest absolute Gasteiger partial charge is 0.375 e. The molecule has 1 aliphatic rings. The van der Waals surface area contributed by atoms with Crippen molar-refractivity contribution in [2.75, 3.05) is 25.0 Å². The number of para-hydroxylation sites is 1. The van der Waals surface area contributed by atoms with Crippen LogP contribution in [0.15, 0.2) is 41.5 Å². The van der Waals surface area contributed by atoms with Crippen molar-refractivity contribution in [3.05, 3.63) is 57.5 Å². The predicted octanol–water partition coefficient (Wildman–Crippen LogP) is 2.98. The maximum absolute atomic E-state index is 12.9. The molecule has 3 aromatic rings. The van der Waals surface area contributed by atoms with Gasteiger partial charge in [-0.2, -0.15) is 0 Å². The number of carbonyl (C=O) groups is 1. The molecular weight excluding hydrogens is 384 g/mol. The van der Waals surface area contributed by atoms with Gasteiger partial charge in [0.1, 0.15) is 11.4 Å². The first-order chi connectivity index (χ1) is 14.1. The average Bonchev–Trinajstić information content (AvgIpc) is 3.13. The van der Waals surface area contributed by atoms with E-state index in [0.717, 1.165) is 53.7 Å². The number of nitrogens with zero attached hydrogens (tertiary/aromatic N) is 3. The maximum Gasteiger partial charge on any atom is 0.262 e. The third-order valence-corrected chi connectivity index (χ3v) is 6.65. The van der Waals surface area contributed by atoms with Crippen molar-refractivity contribution in [3.63, 3.8) is 0 Å². The summed E-state index contributed by atoms with van der Waals surface area (Å²) in [5, 5.41) is 3.65. The van der Waals surface area contributed by atoms with Crippen molar-refractivity contribution in [3.8, 4) is 0 Å². The second-order valence-corrected chi connectivity index (χ2v) is 8.61. The number of hydrogen-bond acceptors (Lipinski definition) is 5. The lowest BCUT2D eigenvalue weighted by Gasteiger charge is -2.19. The van der Waals surface area contributed by atoms with Crippen molar-refractivity contribution in [1.82, 2.24) is 14.9 Å². The van der Waals surface area contributed by atoms with Crippen LogP contribution in [0.25, 0.3) is 10.2 Å². The summed E-state index contributed by atoms with van der Waals surface area (Å²) in [6.07, 6.45) is 6.61. The van der Waals surface area contributed by atoms with E-state index in [2.05, 4.69) is 27.3 Å². The van der Waals surface area contributed by atoms with Crippen LogP contribution in [0.2, 0.25) is 0 Å². The molecule has 0 radical (unpaired) electrons. The Kier molecular flexibility index (Phi) is 5.94. The van der Waals surface area contributed by atoms with Gasteiger partial charge >= 0.3 is 0 Å². The fourth-order valence-corrected chi connectivity index (χ4v) is 5.08. The molecule has 2 aromatic heterocycles. The molecule has 1 aromatic carbocycles. The maximum atomic E-state index is 12.9. The Bertz CT molecular complexity index is 1060. The van der Waals surface area contributed by atoms with Gasteiger partial charge in [-0.3, -0.25) is 14.2 Å². The normalized spacial score (nSPS) is 13.3. The van der Waals surface area contributed by atoms with Crippen LogP contribution in [0, 0.1) is 0 Å². The van der Waals surface area contributed by atoms with Gasteiger partial charge in [0.15, 0.2) is 0 Å². The zero-order valence-electron chi connectivity index (χ0n) is 16.7. The lowest BCUT2D eigenvalue weighted by molar-refractivity contribution is -0.121. The molecule has 1 N–H and O–H groups in total. The standard InChI is InChI=1S/C22H26N4O2S/c1-25(16-8-3-2-4-9-16)13-7-12-23-19(27)14-26-15-24-21-20(22(26)28)17-10-5-6-11-18(17)29-21/h2-4,8-9,15H,5-7,10-14H2,1H3,(H,23,27). The Morgan fingerprint density at radius 1 is 1.24 bits per heavy atom. The molecule has 0 saturated heterocycles. The summed E-state index contributed by atoms with van der Waals surface area (Å²) in [6.45, 7) is 1.44. The molecule has 0 fully saturated rings. The van der Waals surface area contributed by atoms with Crippen LogP contribution in [-0.4, -0.2) is 35.6 Å². The highest BCUT2D eigenvalue weighted by Gasteiger charge is 2.20. The number of anilines is 1. The van der Waals surface area contributed by atoms with E-state index in [9.17, 15) is 9.59 Å². The van der Waals surface area contributed by atoms with Crippen LogP contribution in [0.5, 0.6) is 0 Å². The van der Waals surface area contributed by atoms with Gasteiger partial charge in [0.2, 0.25) is 5.91 Å². The molecule has 0 bridgehead atoms. The first-order valence-electron chi connectivity index (χ1n) is 10.2. The number of thiophene rings is 1. The lowest BCUT2D eigenvalue weighted by Crippen LogP contribution is -2.34. The summed E-state index contributed by atoms with van der Waals surface area (Å²) in [5.41, 5.74) is 2.23. The number of carbonyl (C=O) groups excluding carboxylic acids is 1. The monoisotopic (exact) mass is 410 g/mol. The van der Waals surface area contributed by atoms with E-state index in [1.165, 1.54) is 22.2 Å². The van der Waals surface area contributed by atoms with Gasteiger partial charge in [-0.25, -0.2) is 4.98 Å². The van der Waals surface area contributed by atoms with E-state index in [1.54, 1.807) is 11.3 Å². The highest BCUT2D eigenvalue weighted by Crippen LogP contribution is 2.33. The molecule has 2 heterocycles. The van der Waals surface area contributed by atoms with Gasteiger partial charge in [0, 0.05) is 30.7 Å². The summed E-state index contributed by atoms with van der Waals surface area (Å²) < 4.78 is 1.44. The Morgan fingerprint density at radius 2 is 2.03 bits per heavy atom. The predicted molar refractivity (Wildman–Crippen MR) is 118 cm³/mol. The lowest BCUT2D eigenvalue weighted by atomic mass is 9.97. The minimum absolute atomic E-state index is 0.0148. The van der Waals surface area contributed by atoms with Crippen molar-refractivity contribution in [2.45, 2.75) is 38.6 Å². The Hall–Kier alpha value is -2.67.